The minimum Gasteiger partial charge on any atom is -0.507 e. The Balaban J connectivity index is 1.94. The lowest BCUT2D eigenvalue weighted by atomic mass is 9.89. The smallest absolute Gasteiger partial charge is 0.311 e. The largest absolute Gasteiger partial charge is 0.507 e. The van der Waals surface area contributed by atoms with Crippen LogP contribution < -0.4 is 5.73 Å². The number of nitrogens with zero attached hydrogens (tertiary/aromatic N) is 1. The monoisotopic (exact) mass is 498 g/mol. The van der Waals surface area contributed by atoms with Crippen LogP contribution in [0.25, 0.3) is 28.6 Å². The number of benzene rings is 2. The van der Waals surface area contributed by atoms with Crippen molar-refractivity contribution < 1.29 is 38.8 Å². The highest BCUT2D eigenvalue weighted by atomic mass is 19.1. The van der Waals surface area contributed by atoms with Crippen LogP contribution in [-0.2, 0) is 16.0 Å². The number of nitrogens with two attached hydrogens (primary N) is 1. The number of aliphatic carboxylic acids is 2. The normalized spacial score (nSPS) is 17.4. The molecule has 0 saturated heterocycles. The molecule has 0 bridgehead atoms. The number of aromatic nitrogens is 2. The molecule has 4 rings (SSSR count). The average Bonchev–Trinajstić information content (AvgIpc) is 3.21. The van der Waals surface area contributed by atoms with E-state index in [4.69, 9.17) is 11.1 Å². The molecule has 1 aliphatic rings. The number of aromatic hydroxyl groups is 2. The summed E-state index contributed by atoms with van der Waals surface area (Å²) in [5.41, 5.74) is 3.11. The first-order valence-electron chi connectivity index (χ1n) is 10.5. The van der Waals surface area contributed by atoms with Crippen LogP contribution >= 0.6 is 0 Å². The number of phenols is 2. The van der Waals surface area contributed by atoms with Gasteiger partial charge in [0, 0.05) is 23.2 Å². The third-order valence-electron chi connectivity index (χ3n) is 5.91. The number of hydrogen-bond acceptors (Lipinski definition) is 6. The fourth-order valence-corrected chi connectivity index (χ4v) is 4.03. The topological polar surface area (TPSA) is 194 Å². The van der Waals surface area contributed by atoms with E-state index < -0.39 is 53.1 Å². The highest BCUT2D eigenvalue weighted by Crippen LogP contribution is 2.44. The van der Waals surface area contributed by atoms with Gasteiger partial charge in [0.05, 0.1) is 23.6 Å². The second-order valence-corrected chi connectivity index (χ2v) is 8.35. The molecule has 1 aliphatic carbocycles. The van der Waals surface area contributed by atoms with Crippen LogP contribution in [0.15, 0.2) is 36.4 Å². The summed E-state index contributed by atoms with van der Waals surface area (Å²) in [4.78, 5) is 30.3. The zero-order valence-electron chi connectivity index (χ0n) is 18.4. The van der Waals surface area contributed by atoms with Gasteiger partial charge in [-0.05, 0) is 48.0 Å². The fraction of sp³-hybridized carbons (Fsp3) is 0.167. The molecular weight excluding hydrogens is 478 g/mol. The van der Waals surface area contributed by atoms with Gasteiger partial charge < -0.3 is 31.1 Å². The van der Waals surface area contributed by atoms with Crippen molar-refractivity contribution in [3.05, 3.63) is 59.2 Å². The molecule has 3 aromatic rings. The number of halogens is 2. The number of carboxylic acids is 2. The molecule has 0 saturated carbocycles. The van der Waals surface area contributed by atoms with Crippen molar-refractivity contribution in [1.82, 2.24) is 9.97 Å². The predicted octanol–water partition coefficient (Wildman–Crippen LogP) is 3.15. The van der Waals surface area contributed by atoms with Gasteiger partial charge in [-0.15, -0.1) is 0 Å². The van der Waals surface area contributed by atoms with Gasteiger partial charge in [-0.1, -0.05) is 0 Å². The first-order chi connectivity index (χ1) is 16.9. The van der Waals surface area contributed by atoms with E-state index >= 15 is 0 Å². The van der Waals surface area contributed by atoms with Crippen molar-refractivity contribution in [2.24, 2.45) is 5.73 Å². The van der Waals surface area contributed by atoms with Crippen molar-refractivity contribution in [3.8, 4) is 34.0 Å². The SMILES string of the molecule is N=C(N)C1(F)C=Cc2nc(-c3cc(C(CC(=O)O)C(=O)O)cc(-c4cc(F)ccc4O)c3O)[nH]c2C1. The van der Waals surface area contributed by atoms with Gasteiger partial charge in [-0.2, -0.15) is 0 Å². The molecule has 2 aromatic carbocycles. The Morgan fingerprint density at radius 3 is 2.50 bits per heavy atom. The van der Waals surface area contributed by atoms with E-state index in [1.807, 2.05) is 0 Å². The van der Waals surface area contributed by atoms with Crippen molar-refractivity contribution in [2.45, 2.75) is 24.4 Å². The standard InChI is InChI=1S/C24H20F2N4O6/c25-11-1-2-18(31)13(7-11)14-5-10(12(22(35)36)8-19(32)33)6-15(20(14)34)21-29-16-3-4-24(26,23(27)28)9-17(16)30-21/h1-7,12,31,34H,8-9H2,(H3,27,28)(H,29,30)(H,32,33)(H,35,36). The van der Waals surface area contributed by atoms with Gasteiger partial charge in [0.15, 0.2) is 5.67 Å². The summed E-state index contributed by atoms with van der Waals surface area (Å²) in [5.74, 6) is -6.87. The molecule has 186 valence electrons. The summed E-state index contributed by atoms with van der Waals surface area (Å²) in [6.07, 6.45) is 1.22. The van der Waals surface area contributed by atoms with Crippen LogP contribution in [0.2, 0.25) is 0 Å². The van der Waals surface area contributed by atoms with Crippen LogP contribution in [0.5, 0.6) is 11.5 Å². The number of carbonyl (C=O) groups is 2. The van der Waals surface area contributed by atoms with E-state index in [0.29, 0.717) is 0 Å². The number of alkyl halides is 1. The quantitative estimate of drug-likeness (QED) is 0.191. The number of fused-ring (bicyclic) bond motifs is 1. The molecule has 12 heteroatoms. The minimum atomic E-state index is -2.25. The Bertz CT molecular complexity index is 1450. The van der Waals surface area contributed by atoms with Crippen LogP contribution in [-0.4, -0.2) is 53.8 Å². The van der Waals surface area contributed by atoms with Crippen LogP contribution in [0.4, 0.5) is 8.78 Å². The second-order valence-electron chi connectivity index (χ2n) is 8.35. The number of imidazole rings is 1. The second kappa shape index (κ2) is 8.80. The van der Waals surface area contributed by atoms with Crippen LogP contribution in [0.3, 0.4) is 0 Å². The number of amidine groups is 1. The van der Waals surface area contributed by atoms with Crippen molar-refractivity contribution in [3.63, 3.8) is 0 Å². The maximum absolute atomic E-state index is 14.9. The highest BCUT2D eigenvalue weighted by Gasteiger charge is 2.36. The first kappa shape index (κ1) is 24.4. The lowest BCUT2D eigenvalue weighted by Gasteiger charge is -2.22. The van der Waals surface area contributed by atoms with Crippen molar-refractivity contribution in [2.75, 3.05) is 0 Å². The summed E-state index contributed by atoms with van der Waals surface area (Å²) in [6.45, 7) is 0. The lowest BCUT2D eigenvalue weighted by Crippen LogP contribution is -2.40. The summed E-state index contributed by atoms with van der Waals surface area (Å²) in [5, 5.41) is 47.8. The van der Waals surface area contributed by atoms with E-state index in [0.717, 1.165) is 30.3 Å². The molecule has 0 radical (unpaired) electrons. The first-order valence-corrected chi connectivity index (χ1v) is 10.5. The highest BCUT2D eigenvalue weighted by molar-refractivity contribution is 5.91. The maximum Gasteiger partial charge on any atom is 0.311 e. The zero-order valence-corrected chi connectivity index (χ0v) is 18.4. The molecule has 2 unspecified atom stereocenters. The molecule has 0 spiro atoms. The number of carboxylic acid groups (broad SMARTS) is 2. The van der Waals surface area contributed by atoms with Gasteiger partial charge in [0.1, 0.15) is 29.0 Å². The number of nitrogens with one attached hydrogen (secondary N) is 2. The number of H-pyrrole nitrogens is 1. The molecule has 10 nitrogen and oxygen atoms in total. The molecule has 8 N–H and O–H groups in total. The molecule has 2 atom stereocenters. The predicted molar refractivity (Wildman–Crippen MR) is 124 cm³/mol. The molecule has 0 amide bonds. The number of hydrogen-bond donors (Lipinski definition) is 7. The minimum absolute atomic E-state index is 0.0339. The third kappa shape index (κ3) is 4.35. The van der Waals surface area contributed by atoms with E-state index in [1.54, 1.807) is 0 Å². The van der Waals surface area contributed by atoms with Crippen LogP contribution in [0.1, 0.15) is 29.3 Å². The van der Waals surface area contributed by atoms with E-state index in [1.165, 1.54) is 12.1 Å². The van der Waals surface area contributed by atoms with E-state index in [9.17, 15) is 38.8 Å². The molecule has 0 aliphatic heterocycles. The Hall–Kier alpha value is -4.74. The Labute approximate surface area is 201 Å². The number of phenolic OH excluding ortho intramolecular Hbond substituents is 2. The summed E-state index contributed by atoms with van der Waals surface area (Å²) in [6, 6.07) is 5.31. The molecule has 1 aromatic heterocycles. The van der Waals surface area contributed by atoms with Gasteiger partial charge in [0.25, 0.3) is 0 Å². The lowest BCUT2D eigenvalue weighted by molar-refractivity contribution is -0.145. The van der Waals surface area contributed by atoms with Gasteiger partial charge in [-0.3, -0.25) is 15.0 Å². The van der Waals surface area contributed by atoms with Crippen LogP contribution in [0, 0.1) is 11.2 Å². The summed E-state index contributed by atoms with van der Waals surface area (Å²) in [7, 11) is 0. The average molecular weight is 498 g/mol. The van der Waals surface area contributed by atoms with Crippen molar-refractivity contribution >= 4 is 23.9 Å². The van der Waals surface area contributed by atoms with E-state index in [-0.39, 0.29) is 45.9 Å². The summed E-state index contributed by atoms with van der Waals surface area (Å²) >= 11 is 0. The Morgan fingerprint density at radius 2 is 1.86 bits per heavy atom. The number of rotatable bonds is 7. The Morgan fingerprint density at radius 1 is 1.17 bits per heavy atom. The van der Waals surface area contributed by atoms with Gasteiger partial charge >= 0.3 is 11.9 Å². The third-order valence-corrected chi connectivity index (χ3v) is 5.91. The van der Waals surface area contributed by atoms with Gasteiger partial charge in [0.2, 0.25) is 0 Å². The molecule has 36 heavy (non-hydrogen) atoms. The molecule has 1 heterocycles. The molecule has 0 fully saturated rings. The Kier molecular flexibility index (Phi) is 5.96. The van der Waals surface area contributed by atoms with Gasteiger partial charge in [-0.25, -0.2) is 13.8 Å². The summed E-state index contributed by atoms with van der Waals surface area (Å²) < 4.78 is 28.9. The fourth-order valence-electron chi connectivity index (χ4n) is 4.03. The van der Waals surface area contributed by atoms with E-state index in [2.05, 4.69) is 9.97 Å². The maximum atomic E-state index is 14.9. The number of aromatic amines is 1. The molecular formula is C24H20F2N4O6. The van der Waals surface area contributed by atoms with Crippen molar-refractivity contribution in [1.29, 1.82) is 5.41 Å². The zero-order chi connectivity index (χ0) is 26.4.